The molecule has 1 aromatic heterocycles. The molecule has 2 heterocycles. The lowest BCUT2D eigenvalue weighted by Crippen LogP contribution is -2.36. The predicted molar refractivity (Wildman–Crippen MR) is 117 cm³/mol. The molecule has 3 aromatic rings. The van der Waals surface area contributed by atoms with Crippen LogP contribution in [0.1, 0.15) is 40.0 Å². The molecule has 34 heavy (non-hydrogen) atoms. The number of carbonyl (C=O) groups excluding carboxylic acids is 1. The van der Waals surface area contributed by atoms with Gasteiger partial charge in [0.15, 0.2) is 17.5 Å². The first-order valence-electron chi connectivity index (χ1n) is 10.2. The first kappa shape index (κ1) is 23.0. The minimum atomic E-state index is -4.58. The number of halogens is 3. The van der Waals surface area contributed by atoms with E-state index in [0.29, 0.717) is 28.3 Å². The van der Waals surface area contributed by atoms with Gasteiger partial charge in [0.25, 0.3) is 5.91 Å². The van der Waals surface area contributed by atoms with Gasteiger partial charge >= 0.3 is 6.18 Å². The molecule has 0 bridgehead atoms. The van der Waals surface area contributed by atoms with Crippen LogP contribution in [0, 0.1) is 11.3 Å². The molecule has 0 radical (unpaired) electrons. The van der Waals surface area contributed by atoms with E-state index in [0.717, 1.165) is 10.9 Å². The van der Waals surface area contributed by atoms with Crippen molar-refractivity contribution < 1.29 is 27.4 Å². The number of carbonyl (C=O) groups is 1. The van der Waals surface area contributed by atoms with E-state index in [2.05, 4.69) is 15.7 Å². The third-order valence-electron chi connectivity index (χ3n) is 5.56. The smallest absolute Gasteiger partial charge is 0.410 e. The Kier molecular flexibility index (Phi) is 6.06. The molecule has 0 spiro atoms. The van der Waals surface area contributed by atoms with E-state index in [-0.39, 0.29) is 17.8 Å². The van der Waals surface area contributed by atoms with Gasteiger partial charge in [0.1, 0.15) is 11.4 Å². The first-order valence-corrected chi connectivity index (χ1v) is 10.2. The molecule has 0 aliphatic carbocycles. The summed E-state index contributed by atoms with van der Waals surface area (Å²) in [7, 11) is 2.91. The number of hydrogen-bond donors (Lipinski definition) is 2. The second-order valence-electron chi connectivity index (χ2n) is 7.60. The van der Waals surface area contributed by atoms with Gasteiger partial charge in [-0.15, -0.1) is 0 Å². The normalized spacial score (nSPS) is 17.2. The van der Waals surface area contributed by atoms with Crippen LogP contribution in [0.4, 0.5) is 24.7 Å². The number of ether oxygens (including phenoxy) is 2. The van der Waals surface area contributed by atoms with Crippen molar-refractivity contribution in [2.24, 2.45) is 0 Å². The quantitative estimate of drug-likeness (QED) is 0.560. The Hall–Kier alpha value is -4.20. The maximum absolute atomic E-state index is 13.9. The van der Waals surface area contributed by atoms with Crippen molar-refractivity contribution in [3.8, 4) is 17.6 Å². The van der Waals surface area contributed by atoms with E-state index >= 15 is 0 Å². The summed E-state index contributed by atoms with van der Waals surface area (Å²) in [6.45, 7) is 0. The van der Waals surface area contributed by atoms with Crippen molar-refractivity contribution in [1.82, 2.24) is 9.78 Å². The third-order valence-corrected chi connectivity index (χ3v) is 5.56. The highest BCUT2D eigenvalue weighted by Crippen LogP contribution is 2.45. The summed E-state index contributed by atoms with van der Waals surface area (Å²) in [6.07, 6.45) is -3.81. The van der Waals surface area contributed by atoms with Crippen molar-refractivity contribution in [3.05, 3.63) is 65.4 Å². The van der Waals surface area contributed by atoms with Gasteiger partial charge in [-0.25, -0.2) is 4.68 Å². The Morgan fingerprint density at radius 3 is 2.50 bits per heavy atom. The van der Waals surface area contributed by atoms with E-state index in [4.69, 9.17) is 14.7 Å². The largest absolute Gasteiger partial charge is 0.493 e. The van der Waals surface area contributed by atoms with Crippen LogP contribution in [-0.4, -0.2) is 36.1 Å². The Labute approximate surface area is 192 Å². The number of anilines is 2. The van der Waals surface area contributed by atoms with Crippen LogP contribution in [0.15, 0.2) is 48.7 Å². The number of hydrogen-bond acceptors (Lipinski definition) is 6. The number of aromatic nitrogens is 2. The summed E-state index contributed by atoms with van der Waals surface area (Å²) < 4.78 is 53.1. The summed E-state index contributed by atoms with van der Waals surface area (Å²) in [5.74, 6) is 0.150. The molecule has 4 rings (SSSR count). The maximum Gasteiger partial charge on any atom is 0.410 e. The van der Waals surface area contributed by atoms with Crippen molar-refractivity contribution >= 4 is 17.4 Å². The van der Waals surface area contributed by atoms with E-state index in [9.17, 15) is 18.0 Å². The van der Waals surface area contributed by atoms with Crippen LogP contribution < -0.4 is 20.1 Å². The number of methoxy groups -OCH3 is 2. The molecular weight excluding hydrogens is 451 g/mol. The van der Waals surface area contributed by atoms with Crippen LogP contribution in [0.5, 0.6) is 11.5 Å². The molecule has 0 unspecified atom stereocenters. The molecule has 0 saturated heterocycles. The second kappa shape index (κ2) is 8.97. The Morgan fingerprint density at radius 2 is 1.88 bits per heavy atom. The summed E-state index contributed by atoms with van der Waals surface area (Å²) >= 11 is 0. The van der Waals surface area contributed by atoms with Gasteiger partial charge in [-0.1, -0.05) is 6.07 Å². The maximum atomic E-state index is 13.9. The fourth-order valence-corrected chi connectivity index (χ4v) is 3.84. The lowest BCUT2D eigenvalue weighted by atomic mass is 9.96. The number of benzene rings is 2. The number of alkyl halides is 3. The molecular formula is C23H20F3N5O3. The van der Waals surface area contributed by atoms with E-state index in [1.165, 1.54) is 38.5 Å². The molecule has 1 amide bonds. The third kappa shape index (κ3) is 4.34. The number of amides is 1. The fourth-order valence-electron chi connectivity index (χ4n) is 3.84. The number of rotatable bonds is 5. The van der Waals surface area contributed by atoms with Gasteiger partial charge in [-0.2, -0.15) is 23.5 Å². The van der Waals surface area contributed by atoms with Gasteiger partial charge in [0, 0.05) is 12.1 Å². The second-order valence-corrected chi connectivity index (χ2v) is 7.60. The van der Waals surface area contributed by atoms with Crippen molar-refractivity contribution in [2.75, 3.05) is 24.9 Å². The molecule has 176 valence electrons. The van der Waals surface area contributed by atoms with Gasteiger partial charge in [-0.3, -0.25) is 4.79 Å². The lowest BCUT2D eigenvalue weighted by molar-refractivity contribution is -0.173. The molecule has 11 heteroatoms. The Morgan fingerprint density at radius 1 is 1.18 bits per heavy atom. The monoisotopic (exact) mass is 471 g/mol. The van der Waals surface area contributed by atoms with E-state index in [1.807, 2.05) is 6.07 Å². The van der Waals surface area contributed by atoms with Crippen LogP contribution in [0.2, 0.25) is 0 Å². The standard InChI is InChI=1S/C23H20F3N5O3/c1-33-18-8-5-14(9-19(18)34-2)17-10-20(23(24,25)26)31-21(30-17)16(12-28-31)22(32)29-15-6-3-13(11-27)4-7-15/h3-9,12,17,20,30H,10H2,1-2H3,(H,29,32)/t17-,20-/m1/s1. The Balaban J connectivity index is 1.68. The minimum absolute atomic E-state index is 0.0382. The topological polar surface area (TPSA) is 101 Å². The molecule has 1 aliphatic heterocycles. The van der Waals surface area contributed by atoms with Crippen molar-refractivity contribution in [3.63, 3.8) is 0 Å². The zero-order valence-corrected chi connectivity index (χ0v) is 18.2. The summed E-state index contributed by atoms with van der Waals surface area (Å²) in [5, 5.41) is 18.4. The average molecular weight is 471 g/mol. The Bertz CT molecular complexity index is 1250. The average Bonchev–Trinajstić information content (AvgIpc) is 3.27. The van der Waals surface area contributed by atoms with Gasteiger partial charge in [0.2, 0.25) is 0 Å². The zero-order chi connectivity index (χ0) is 24.5. The molecule has 2 aromatic carbocycles. The van der Waals surface area contributed by atoms with Crippen LogP contribution >= 0.6 is 0 Å². The highest BCUT2D eigenvalue weighted by Gasteiger charge is 2.47. The molecule has 0 saturated carbocycles. The summed E-state index contributed by atoms with van der Waals surface area (Å²) in [6, 6.07) is 10.2. The molecule has 2 atom stereocenters. The van der Waals surface area contributed by atoms with Crippen LogP contribution in [0.25, 0.3) is 0 Å². The van der Waals surface area contributed by atoms with E-state index in [1.54, 1.807) is 18.2 Å². The molecule has 1 aliphatic rings. The zero-order valence-electron chi connectivity index (χ0n) is 18.2. The fraction of sp³-hybridized carbons (Fsp3) is 0.261. The number of nitrogens with zero attached hydrogens (tertiary/aromatic N) is 3. The van der Waals surface area contributed by atoms with Gasteiger partial charge < -0.3 is 20.1 Å². The lowest BCUT2D eigenvalue weighted by Gasteiger charge is -2.34. The highest BCUT2D eigenvalue weighted by molar-refractivity contribution is 6.07. The van der Waals surface area contributed by atoms with E-state index < -0.39 is 24.2 Å². The van der Waals surface area contributed by atoms with Crippen molar-refractivity contribution in [2.45, 2.75) is 24.7 Å². The number of nitriles is 1. The molecule has 0 fully saturated rings. The predicted octanol–water partition coefficient (Wildman–Crippen LogP) is 4.68. The highest BCUT2D eigenvalue weighted by atomic mass is 19.4. The van der Waals surface area contributed by atoms with Gasteiger partial charge in [0.05, 0.1) is 38.1 Å². The van der Waals surface area contributed by atoms with Crippen molar-refractivity contribution in [1.29, 1.82) is 5.26 Å². The molecule has 8 nitrogen and oxygen atoms in total. The van der Waals surface area contributed by atoms with Crippen LogP contribution in [-0.2, 0) is 0 Å². The first-order chi connectivity index (χ1) is 16.2. The van der Waals surface area contributed by atoms with Gasteiger partial charge in [-0.05, 0) is 42.0 Å². The SMILES string of the molecule is COc1ccc([C@H]2C[C@H](C(F)(F)F)n3ncc(C(=O)Nc4ccc(C#N)cc4)c3N2)cc1OC. The minimum Gasteiger partial charge on any atom is -0.493 e. The molecule has 2 N–H and O–H groups in total. The number of nitrogens with one attached hydrogen (secondary N) is 2. The summed E-state index contributed by atoms with van der Waals surface area (Å²) in [4.78, 5) is 12.9. The number of fused-ring (bicyclic) bond motifs is 1. The summed E-state index contributed by atoms with van der Waals surface area (Å²) in [5.41, 5.74) is 1.30. The van der Waals surface area contributed by atoms with Crippen LogP contribution in [0.3, 0.4) is 0 Å².